The van der Waals surface area contributed by atoms with Crippen molar-refractivity contribution in [2.75, 3.05) is 13.1 Å². The standard InChI is InChI=1S/C16H21N5O2S/c1-10-18-14(23-20-10)12-3-2-7-21(9-12)16(22)19-13(11-4-5-11)15-17-6-8-24-15/h6,8,11-13H,2-5,7,9H2,1H3,(H,19,22)/t12-,13+/m1/s1. The average molecular weight is 347 g/mol. The van der Waals surface area contributed by atoms with Gasteiger partial charge in [0.2, 0.25) is 5.89 Å². The van der Waals surface area contributed by atoms with Crippen molar-refractivity contribution in [1.29, 1.82) is 0 Å². The van der Waals surface area contributed by atoms with Gasteiger partial charge in [-0.3, -0.25) is 0 Å². The number of thiazole rings is 1. The lowest BCUT2D eigenvalue weighted by Crippen LogP contribution is -2.46. The summed E-state index contributed by atoms with van der Waals surface area (Å²) in [6.07, 6.45) is 6.05. The number of rotatable bonds is 4. The largest absolute Gasteiger partial charge is 0.339 e. The highest BCUT2D eigenvalue weighted by Crippen LogP contribution is 2.41. The molecule has 4 rings (SSSR count). The van der Waals surface area contributed by atoms with Crippen LogP contribution in [-0.4, -0.2) is 39.1 Å². The highest BCUT2D eigenvalue weighted by Gasteiger charge is 2.37. The van der Waals surface area contributed by atoms with Gasteiger partial charge in [0.25, 0.3) is 0 Å². The van der Waals surface area contributed by atoms with Gasteiger partial charge >= 0.3 is 6.03 Å². The van der Waals surface area contributed by atoms with Crippen molar-refractivity contribution in [2.45, 2.75) is 44.6 Å². The van der Waals surface area contributed by atoms with Crippen LogP contribution in [-0.2, 0) is 0 Å². The summed E-state index contributed by atoms with van der Waals surface area (Å²) in [6, 6.07) is 0.0339. The minimum Gasteiger partial charge on any atom is -0.339 e. The maximum Gasteiger partial charge on any atom is 0.317 e. The zero-order valence-corrected chi connectivity index (χ0v) is 14.5. The lowest BCUT2D eigenvalue weighted by molar-refractivity contribution is 0.167. The summed E-state index contributed by atoms with van der Waals surface area (Å²) in [5.41, 5.74) is 0. The number of urea groups is 1. The van der Waals surface area contributed by atoms with Gasteiger partial charge in [0.1, 0.15) is 5.01 Å². The van der Waals surface area contributed by atoms with Crippen LogP contribution in [0, 0.1) is 12.8 Å². The Morgan fingerprint density at radius 3 is 3.00 bits per heavy atom. The van der Waals surface area contributed by atoms with Gasteiger partial charge in [-0.25, -0.2) is 9.78 Å². The number of likely N-dealkylation sites (tertiary alicyclic amines) is 1. The third-order valence-electron chi connectivity index (χ3n) is 4.69. The molecule has 2 amide bonds. The summed E-state index contributed by atoms with van der Waals surface area (Å²) in [5.74, 6) is 1.94. The van der Waals surface area contributed by atoms with Crippen LogP contribution in [0.5, 0.6) is 0 Å². The highest BCUT2D eigenvalue weighted by atomic mass is 32.1. The van der Waals surface area contributed by atoms with E-state index in [0.717, 1.165) is 37.2 Å². The van der Waals surface area contributed by atoms with Crippen LogP contribution in [0.4, 0.5) is 4.79 Å². The van der Waals surface area contributed by atoms with E-state index in [-0.39, 0.29) is 18.0 Å². The van der Waals surface area contributed by atoms with Crippen molar-refractivity contribution < 1.29 is 9.32 Å². The number of hydrogen-bond acceptors (Lipinski definition) is 6. The molecule has 1 N–H and O–H groups in total. The molecule has 1 aliphatic carbocycles. The van der Waals surface area contributed by atoms with Gasteiger partial charge in [-0.2, -0.15) is 4.98 Å². The molecule has 8 heteroatoms. The second kappa shape index (κ2) is 6.51. The molecule has 1 saturated carbocycles. The molecule has 7 nitrogen and oxygen atoms in total. The van der Waals surface area contributed by atoms with Crippen LogP contribution in [0.3, 0.4) is 0 Å². The van der Waals surface area contributed by atoms with Gasteiger partial charge < -0.3 is 14.7 Å². The number of aromatic nitrogens is 3. The van der Waals surface area contributed by atoms with E-state index in [1.807, 2.05) is 17.2 Å². The van der Waals surface area contributed by atoms with Crippen LogP contribution in [0.15, 0.2) is 16.1 Å². The molecule has 1 aliphatic heterocycles. The second-order valence-corrected chi connectivity index (χ2v) is 7.53. The third-order valence-corrected chi connectivity index (χ3v) is 5.55. The van der Waals surface area contributed by atoms with E-state index in [1.165, 1.54) is 0 Å². The molecular weight excluding hydrogens is 326 g/mol. The number of hydrogen-bond donors (Lipinski definition) is 1. The maximum absolute atomic E-state index is 12.7. The monoisotopic (exact) mass is 347 g/mol. The van der Waals surface area contributed by atoms with Crippen molar-refractivity contribution in [3.05, 3.63) is 28.3 Å². The second-order valence-electron chi connectivity index (χ2n) is 6.60. The highest BCUT2D eigenvalue weighted by molar-refractivity contribution is 7.09. The van der Waals surface area contributed by atoms with Crippen LogP contribution in [0.1, 0.15) is 54.4 Å². The molecule has 0 bridgehead atoms. The smallest absolute Gasteiger partial charge is 0.317 e. The number of nitrogens with zero attached hydrogens (tertiary/aromatic N) is 4. The SMILES string of the molecule is Cc1noc([C@@H]2CCCN(C(=O)N[C@H](c3nccs3)C3CC3)C2)n1. The normalized spacial score (nSPS) is 22.4. The van der Waals surface area contributed by atoms with Gasteiger partial charge in [0, 0.05) is 24.7 Å². The quantitative estimate of drug-likeness (QED) is 0.919. The summed E-state index contributed by atoms with van der Waals surface area (Å²) in [6.45, 7) is 3.21. The first-order valence-corrected chi connectivity index (χ1v) is 9.33. The van der Waals surface area contributed by atoms with E-state index in [9.17, 15) is 4.79 Å². The van der Waals surface area contributed by atoms with E-state index in [1.54, 1.807) is 17.5 Å². The zero-order valence-electron chi connectivity index (χ0n) is 13.6. The van der Waals surface area contributed by atoms with E-state index in [4.69, 9.17) is 4.52 Å². The average Bonchev–Trinajstić information content (AvgIpc) is 3.10. The minimum absolute atomic E-state index is 0.0111. The van der Waals surface area contributed by atoms with E-state index >= 15 is 0 Å². The Labute approximate surface area is 144 Å². The van der Waals surface area contributed by atoms with Gasteiger partial charge in [-0.15, -0.1) is 11.3 Å². The van der Waals surface area contributed by atoms with Crippen LogP contribution in [0.2, 0.25) is 0 Å². The number of carbonyl (C=O) groups is 1. The molecule has 2 aromatic heterocycles. The van der Waals surface area contributed by atoms with Crippen molar-refractivity contribution in [1.82, 2.24) is 25.3 Å². The topological polar surface area (TPSA) is 84.2 Å². The summed E-state index contributed by atoms with van der Waals surface area (Å²) in [5, 5.41) is 10.0. The predicted octanol–water partition coefficient (Wildman–Crippen LogP) is 2.87. The van der Waals surface area contributed by atoms with Crippen molar-refractivity contribution in [3.8, 4) is 0 Å². The first-order chi connectivity index (χ1) is 11.7. The molecule has 2 aromatic rings. The van der Waals surface area contributed by atoms with E-state index in [0.29, 0.717) is 24.2 Å². The van der Waals surface area contributed by atoms with Gasteiger partial charge in [0.05, 0.1) is 12.0 Å². The lowest BCUT2D eigenvalue weighted by Gasteiger charge is -2.32. The molecule has 2 aliphatic rings. The van der Waals surface area contributed by atoms with Gasteiger partial charge in [-0.05, 0) is 38.5 Å². The Morgan fingerprint density at radius 1 is 1.46 bits per heavy atom. The Hall–Kier alpha value is -1.96. The maximum atomic E-state index is 12.7. The number of carbonyl (C=O) groups excluding carboxylic acids is 1. The predicted molar refractivity (Wildman–Crippen MR) is 88.7 cm³/mol. The fourth-order valence-corrected chi connectivity index (χ4v) is 4.05. The Bertz CT molecular complexity index is 697. The molecule has 1 saturated heterocycles. The Kier molecular flexibility index (Phi) is 4.22. The lowest BCUT2D eigenvalue weighted by atomic mass is 9.98. The summed E-state index contributed by atoms with van der Waals surface area (Å²) in [4.78, 5) is 23.3. The molecule has 128 valence electrons. The summed E-state index contributed by atoms with van der Waals surface area (Å²) >= 11 is 1.61. The van der Waals surface area contributed by atoms with Crippen molar-refractivity contribution in [3.63, 3.8) is 0 Å². The zero-order chi connectivity index (χ0) is 16.5. The molecule has 2 fully saturated rings. The summed E-state index contributed by atoms with van der Waals surface area (Å²) in [7, 11) is 0. The van der Waals surface area contributed by atoms with Crippen molar-refractivity contribution in [2.24, 2.45) is 5.92 Å². The number of amides is 2. The van der Waals surface area contributed by atoms with Gasteiger partial charge in [-0.1, -0.05) is 5.16 Å². The Morgan fingerprint density at radius 2 is 2.33 bits per heavy atom. The fourth-order valence-electron chi connectivity index (χ4n) is 3.27. The molecule has 0 aromatic carbocycles. The third kappa shape index (κ3) is 3.28. The molecule has 0 radical (unpaired) electrons. The van der Waals surface area contributed by atoms with Crippen LogP contribution >= 0.6 is 11.3 Å². The van der Waals surface area contributed by atoms with E-state index in [2.05, 4.69) is 20.4 Å². The van der Waals surface area contributed by atoms with Crippen LogP contribution < -0.4 is 5.32 Å². The first-order valence-electron chi connectivity index (χ1n) is 8.46. The first kappa shape index (κ1) is 15.6. The van der Waals surface area contributed by atoms with Crippen molar-refractivity contribution >= 4 is 17.4 Å². The van der Waals surface area contributed by atoms with E-state index < -0.39 is 0 Å². The number of piperidine rings is 1. The molecule has 0 spiro atoms. The fraction of sp³-hybridized carbons (Fsp3) is 0.625. The Balaban J connectivity index is 1.42. The molecular formula is C16H21N5O2S. The number of aryl methyl sites for hydroxylation is 1. The molecule has 24 heavy (non-hydrogen) atoms. The summed E-state index contributed by atoms with van der Waals surface area (Å²) < 4.78 is 5.29. The minimum atomic E-state index is -0.0111. The number of nitrogens with one attached hydrogen (secondary N) is 1. The molecule has 0 unspecified atom stereocenters. The molecule has 2 atom stereocenters. The van der Waals surface area contributed by atoms with Gasteiger partial charge in [0.15, 0.2) is 5.82 Å². The van der Waals surface area contributed by atoms with Crippen LogP contribution in [0.25, 0.3) is 0 Å². The molecule has 3 heterocycles.